The van der Waals surface area contributed by atoms with Gasteiger partial charge < -0.3 is 9.84 Å². The first-order valence-electron chi connectivity index (χ1n) is 4.38. The van der Waals surface area contributed by atoms with Gasteiger partial charge in [0.15, 0.2) is 0 Å². The van der Waals surface area contributed by atoms with Gasteiger partial charge in [-0.25, -0.2) is 4.72 Å². The van der Waals surface area contributed by atoms with Gasteiger partial charge in [0, 0.05) is 20.0 Å². The lowest BCUT2D eigenvalue weighted by Crippen LogP contribution is -2.45. The van der Waals surface area contributed by atoms with Crippen LogP contribution in [0.25, 0.3) is 0 Å². The summed E-state index contributed by atoms with van der Waals surface area (Å²) in [4.78, 5) is 11.3. The van der Waals surface area contributed by atoms with Crippen molar-refractivity contribution in [1.29, 1.82) is 0 Å². The molecule has 1 aliphatic rings. The summed E-state index contributed by atoms with van der Waals surface area (Å²) in [6.45, 7) is -0.0943. The van der Waals surface area contributed by atoms with Crippen molar-refractivity contribution < 1.29 is 23.1 Å². The van der Waals surface area contributed by atoms with Crippen molar-refractivity contribution in [2.45, 2.75) is 18.6 Å². The average molecular weight is 238 g/mol. The number of ether oxygens (including phenoxy) is 1. The van der Waals surface area contributed by atoms with Crippen LogP contribution < -0.4 is 4.72 Å². The van der Waals surface area contributed by atoms with Crippen molar-refractivity contribution in [3.05, 3.63) is 0 Å². The van der Waals surface area contributed by atoms with Crippen LogP contribution in [0, 0.1) is 0 Å². The third-order valence-electron chi connectivity index (χ3n) is 2.27. The minimum Gasteiger partial charge on any atom is -0.468 e. The number of methoxy groups -OCH3 is 1. The van der Waals surface area contributed by atoms with E-state index in [0.29, 0.717) is 0 Å². The van der Waals surface area contributed by atoms with Crippen molar-refractivity contribution in [1.82, 2.24) is 9.03 Å². The number of aliphatic hydroxyl groups excluding tert-OH is 1. The van der Waals surface area contributed by atoms with E-state index in [1.54, 1.807) is 0 Å². The molecule has 1 saturated heterocycles. The lowest BCUT2D eigenvalue weighted by atomic mass is 10.2. The van der Waals surface area contributed by atoms with Crippen molar-refractivity contribution in [2.24, 2.45) is 0 Å². The SMILES string of the molecule is CNS(=O)(=O)N1CC(O)CC1C(=O)OC. The molecule has 2 N–H and O–H groups in total. The smallest absolute Gasteiger partial charge is 0.324 e. The first kappa shape index (κ1) is 12.4. The molecule has 0 radical (unpaired) electrons. The van der Waals surface area contributed by atoms with Gasteiger partial charge in [-0.3, -0.25) is 4.79 Å². The second-order valence-electron chi connectivity index (χ2n) is 3.21. The molecule has 2 atom stereocenters. The van der Waals surface area contributed by atoms with Crippen LogP contribution in [-0.2, 0) is 19.7 Å². The first-order valence-corrected chi connectivity index (χ1v) is 5.82. The Morgan fingerprint density at radius 1 is 1.60 bits per heavy atom. The fourth-order valence-electron chi connectivity index (χ4n) is 1.52. The molecule has 7 nitrogen and oxygen atoms in total. The molecule has 15 heavy (non-hydrogen) atoms. The van der Waals surface area contributed by atoms with E-state index in [-0.39, 0.29) is 13.0 Å². The predicted molar refractivity (Wildman–Crippen MR) is 51.1 cm³/mol. The minimum absolute atomic E-state index is 0.0631. The Balaban J connectivity index is 2.92. The van der Waals surface area contributed by atoms with E-state index >= 15 is 0 Å². The van der Waals surface area contributed by atoms with Gasteiger partial charge in [0.1, 0.15) is 6.04 Å². The van der Waals surface area contributed by atoms with Crippen LogP contribution in [0.2, 0.25) is 0 Å². The number of nitrogens with zero attached hydrogens (tertiary/aromatic N) is 1. The van der Waals surface area contributed by atoms with Crippen LogP contribution in [0.1, 0.15) is 6.42 Å². The molecule has 1 fully saturated rings. The maximum atomic E-state index is 11.5. The number of β-amino-alcohol motifs (C(OH)–C–C–N with tert-alkyl or cyclic N) is 1. The maximum Gasteiger partial charge on any atom is 0.324 e. The Bertz CT molecular complexity index is 341. The van der Waals surface area contributed by atoms with Crippen molar-refractivity contribution in [3.8, 4) is 0 Å². The topological polar surface area (TPSA) is 95.9 Å². The van der Waals surface area contributed by atoms with E-state index < -0.39 is 28.3 Å². The summed E-state index contributed by atoms with van der Waals surface area (Å²) >= 11 is 0. The van der Waals surface area contributed by atoms with Gasteiger partial charge in [0.2, 0.25) is 0 Å². The Labute approximate surface area is 88.2 Å². The van der Waals surface area contributed by atoms with E-state index in [9.17, 15) is 18.3 Å². The molecule has 0 saturated carbocycles. The van der Waals surface area contributed by atoms with E-state index in [1.807, 2.05) is 0 Å². The second-order valence-corrected chi connectivity index (χ2v) is 5.03. The second kappa shape index (κ2) is 4.44. The molecule has 0 amide bonds. The summed E-state index contributed by atoms with van der Waals surface area (Å²) < 4.78 is 30.4. The van der Waals surface area contributed by atoms with Crippen molar-refractivity contribution in [3.63, 3.8) is 0 Å². The summed E-state index contributed by atoms with van der Waals surface area (Å²) in [5, 5.41) is 9.33. The van der Waals surface area contributed by atoms with Crippen LogP contribution in [0.5, 0.6) is 0 Å². The highest BCUT2D eigenvalue weighted by Gasteiger charge is 2.42. The summed E-state index contributed by atoms with van der Waals surface area (Å²) in [5.41, 5.74) is 0. The third kappa shape index (κ3) is 2.46. The molecule has 0 aromatic carbocycles. The maximum absolute atomic E-state index is 11.5. The molecule has 2 unspecified atom stereocenters. The number of carbonyl (C=O) groups excluding carboxylic acids is 1. The Hall–Kier alpha value is -0.700. The number of aliphatic hydroxyl groups is 1. The summed E-state index contributed by atoms with van der Waals surface area (Å²) in [6, 6.07) is -0.942. The van der Waals surface area contributed by atoms with Gasteiger partial charge >= 0.3 is 5.97 Å². The van der Waals surface area contributed by atoms with E-state index in [1.165, 1.54) is 14.2 Å². The molecule has 8 heteroatoms. The molecule has 1 aliphatic heterocycles. The third-order valence-corrected chi connectivity index (χ3v) is 3.81. The van der Waals surface area contributed by atoms with E-state index in [0.717, 1.165) is 4.31 Å². The predicted octanol–water partition coefficient (Wildman–Crippen LogP) is -1.94. The van der Waals surface area contributed by atoms with Gasteiger partial charge in [-0.05, 0) is 0 Å². The summed E-state index contributed by atoms with van der Waals surface area (Å²) in [6.07, 6.45) is -0.773. The summed E-state index contributed by atoms with van der Waals surface area (Å²) in [5.74, 6) is -0.662. The van der Waals surface area contributed by atoms with Gasteiger partial charge in [-0.15, -0.1) is 0 Å². The van der Waals surface area contributed by atoms with E-state index in [4.69, 9.17) is 0 Å². The molecular formula is C7H14N2O5S. The highest BCUT2D eigenvalue weighted by atomic mass is 32.2. The van der Waals surface area contributed by atoms with Gasteiger partial charge in [-0.1, -0.05) is 0 Å². The van der Waals surface area contributed by atoms with Gasteiger partial charge in [0.05, 0.1) is 13.2 Å². The Morgan fingerprint density at radius 3 is 2.67 bits per heavy atom. The largest absolute Gasteiger partial charge is 0.468 e. The zero-order valence-corrected chi connectivity index (χ0v) is 9.32. The number of esters is 1. The molecule has 1 heterocycles. The van der Waals surface area contributed by atoms with Crippen LogP contribution in [0.3, 0.4) is 0 Å². The zero-order valence-electron chi connectivity index (χ0n) is 8.50. The minimum atomic E-state index is -3.71. The monoisotopic (exact) mass is 238 g/mol. The number of nitrogens with one attached hydrogen (secondary N) is 1. The zero-order chi connectivity index (χ0) is 11.6. The van der Waals surface area contributed by atoms with Crippen LogP contribution in [-0.4, -0.2) is 56.6 Å². The molecule has 88 valence electrons. The number of rotatable bonds is 3. The lowest BCUT2D eigenvalue weighted by Gasteiger charge is -2.20. The molecule has 0 aromatic heterocycles. The fourth-order valence-corrected chi connectivity index (χ4v) is 2.63. The molecule has 0 spiro atoms. The molecule has 0 aliphatic carbocycles. The van der Waals surface area contributed by atoms with Crippen LogP contribution in [0.4, 0.5) is 0 Å². The van der Waals surface area contributed by atoms with E-state index in [2.05, 4.69) is 9.46 Å². The molecular weight excluding hydrogens is 224 g/mol. The number of carbonyl (C=O) groups is 1. The first-order chi connectivity index (χ1) is 6.92. The van der Waals surface area contributed by atoms with Gasteiger partial charge in [-0.2, -0.15) is 12.7 Å². The highest BCUT2D eigenvalue weighted by Crippen LogP contribution is 2.21. The molecule has 1 rings (SSSR count). The Kier molecular flexibility index (Phi) is 3.66. The molecule has 0 bridgehead atoms. The van der Waals surface area contributed by atoms with Crippen LogP contribution >= 0.6 is 0 Å². The van der Waals surface area contributed by atoms with Crippen molar-refractivity contribution >= 4 is 16.2 Å². The fraction of sp³-hybridized carbons (Fsp3) is 0.857. The summed E-state index contributed by atoms with van der Waals surface area (Å²) in [7, 11) is -1.29. The Morgan fingerprint density at radius 2 is 2.20 bits per heavy atom. The quantitative estimate of drug-likeness (QED) is 0.558. The number of hydrogen-bond acceptors (Lipinski definition) is 5. The average Bonchev–Trinajstić information content (AvgIpc) is 2.60. The van der Waals surface area contributed by atoms with Crippen LogP contribution in [0.15, 0.2) is 0 Å². The lowest BCUT2D eigenvalue weighted by molar-refractivity contribution is -0.144. The standard InChI is InChI=1S/C7H14N2O5S/c1-8-15(12,13)9-4-5(10)3-6(9)7(11)14-2/h5-6,8,10H,3-4H2,1-2H3. The number of hydrogen-bond donors (Lipinski definition) is 2. The molecule has 0 aromatic rings. The normalized spacial score (nSPS) is 27.9. The van der Waals surface area contributed by atoms with Gasteiger partial charge in [0.25, 0.3) is 10.2 Å². The highest BCUT2D eigenvalue weighted by molar-refractivity contribution is 7.87. The van der Waals surface area contributed by atoms with Crippen molar-refractivity contribution in [2.75, 3.05) is 20.7 Å².